The Hall–Kier alpha value is -1.71. The van der Waals surface area contributed by atoms with Crippen LogP contribution in [0.1, 0.15) is 31.1 Å². The van der Waals surface area contributed by atoms with Gasteiger partial charge in [-0.25, -0.2) is 4.79 Å². The predicted molar refractivity (Wildman–Crippen MR) is 70.1 cm³/mol. The maximum absolute atomic E-state index is 11.7. The molecule has 3 N–H and O–H groups in total. The van der Waals surface area contributed by atoms with Crippen LogP contribution in [0.25, 0.3) is 0 Å². The number of nitrogen functional groups attached to an aromatic ring is 1. The minimum absolute atomic E-state index is 0.342. The monoisotopic (exact) mass is 236 g/mol. The van der Waals surface area contributed by atoms with Crippen molar-refractivity contribution in [2.45, 2.75) is 20.8 Å². The highest BCUT2D eigenvalue weighted by molar-refractivity contribution is 5.96. The van der Waals surface area contributed by atoms with E-state index in [9.17, 15) is 4.79 Å². The molecular weight excluding hydrogens is 216 g/mol. The topological polar surface area (TPSA) is 64.3 Å². The molecule has 1 rings (SSSR count). The molecule has 94 valence electrons. The molecule has 0 aliphatic rings. The molecular formula is C13H20N2O2. The first kappa shape index (κ1) is 13.4. The molecule has 17 heavy (non-hydrogen) atoms. The lowest BCUT2D eigenvalue weighted by atomic mass is 10.1. The van der Waals surface area contributed by atoms with Gasteiger partial charge in [-0.15, -0.1) is 0 Å². The van der Waals surface area contributed by atoms with Gasteiger partial charge in [-0.2, -0.15) is 0 Å². The fraction of sp³-hybridized carbons (Fsp3) is 0.462. The van der Waals surface area contributed by atoms with Crippen LogP contribution in [-0.2, 0) is 4.74 Å². The number of hydrogen-bond acceptors (Lipinski definition) is 4. The van der Waals surface area contributed by atoms with E-state index in [1.165, 1.54) is 0 Å². The number of nitrogens with one attached hydrogen (secondary N) is 1. The number of anilines is 2. The lowest BCUT2D eigenvalue weighted by molar-refractivity contribution is 0.0527. The highest BCUT2D eigenvalue weighted by Gasteiger charge is 2.12. The van der Waals surface area contributed by atoms with Gasteiger partial charge in [0.25, 0.3) is 0 Å². The Labute approximate surface area is 102 Å². The molecule has 0 aliphatic heterocycles. The van der Waals surface area contributed by atoms with E-state index < -0.39 is 0 Å². The fourth-order valence-corrected chi connectivity index (χ4v) is 1.41. The average Bonchev–Trinajstić information content (AvgIpc) is 2.27. The Morgan fingerprint density at radius 2 is 2.18 bits per heavy atom. The van der Waals surface area contributed by atoms with Crippen LogP contribution >= 0.6 is 0 Å². The van der Waals surface area contributed by atoms with Gasteiger partial charge in [0.15, 0.2) is 0 Å². The molecule has 0 atom stereocenters. The Morgan fingerprint density at radius 3 is 2.76 bits per heavy atom. The molecule has 0 bridgehead atoms. The number of ether oxygens (including phenoxy) is 1. The summed E-state index contributed by atoms with van der Waals surface area (Å²) in [4.78, 5) is 11.7. The van der Waals surface area contributed by atoms with Crippen molar-refractivity contribution < 1.29 is 9.53 Å². The van der Waals surface area contributed by atoms with E-state index in [4.69, 9.17) is 10.5 Å². The van der Waals surface area contributed by atoms with Crippen molar-refractivity contribution in [3.8, 4) is 0 Å². The summed E-state index contributed by atoms with van der Waals surface area (Å²) in [6, 6.07) is 5.22. The van der Waals surface area contributed by atoms with Gasteiger partial charge in [-0.05, 0) is 31.0 Å². The van der Waals surface area contributed by atoms with Gasteiger partial charge in [0.05, 0.1) is 12.2 Å². The fourth-order valence-electron chi connectivity index (χ4n) is 1.41. The average molecular weight is 236 g/mol. The molecule has 0 heterocycles. The van der Waals surface area contributed by atoms with Gasteiger partial charge in [0.2, 0.25) is 0 Å². The molecule has 0 unspecified atom stereocenters. The molecule has 0 amide bonds. The van der Waals surface area contributed by atoms with Crippen molar-refractivity contribution in [2.75, 3.05) is 24.2 Å². The summed E-state index contributed by atoms with van der Waals surface area (Å²) in [5.41, 5.74) is 7.50. The van der Waals surface area contributed by atoms with E-state index in [1.54, 1.807) is 19.1 Å². The first-order chi connectivity index (χ1) is 8.04. The molecule has 0 radical (unpaired) electrons. The standard InChI is InChI=1S/C13H20N2O2/c1-4-17-13(16)11-7-10(14)5-6-12(11)15-8-9(2)3/h5-7,9,15H,4,8,14H2,1-3H3. The third-order valence-corrected chi connectivity index (χ3v) is 2.24. The third-order valence-electron chi connectivity index (χ3n) is 2.24. The van der Waals surface area contributed by atoms with Crippen molar-refractivity contribution >= 4 is 17.3 Å². The van der Waals surface area contributed by atoms with Crippen molar-refractivity contribution in [1.82, 2.24) is 0 Å². The minimum Gasteiger partial charge on any atom is -0.462 e. The Balaban J connectivity index is 2.91. The third kappa shape index (κ3) is 3.98. The van der Waals surface area contributed by atoms with Crippen LogP contribution in [0.5, 0.6) is 0 Å². The minimum atomic E-state index is -0.342. The van der Waals surface area contributed by atoms with Crippen LogP contribution in [0.2, 0.25) is 0 Å². The summed E-state index contributed by atoms with van der Waals surface area (Å²) in [5, 5.41) is 3.22. The summed E-state index contributed by atoms with van der Waals surface area (Å²) in [7, 11) is 0. The van der Waals surface area contributed by atoms with Crippen molar-refractivity contribution in [3.63, 3.8) is 0 Å². The Bertz CT molecular complexity index is 389. The van der Waals surface area contributed by atoms with Crippen molar-refractivity contribution in [3.05, 3.63) is 23.8 Å². The van der Waals surface area contributed by atoms with E-state index in [-0.39, 0.29) is 5.97 Å². The van der Waals surface area contributed by atoms with Gasteiger partial charge in [0.1, 0.15) is 0 Å². The van der Waals surface area contributed by atoms with Crippen molar-refractivity contribution in [1.29, 1.82) is 0 Å². The molecule has 0 spiro atoms. The summed E-state index contributed by atoms with van der Waals surface area (Å²) in [6.45, 7) is 7.15. The first-order valence-electron chi connectivity index (χ1n) is 5.85. The number of benzene rings is 1. The number of rotatable bonds is 5. The quantitative estimate of drug-likeness (QED) is 0.609. The summed E-state index contributed by atoms with van der Waals surface area (Å²) >= 11 is 0. The van der Waals surface area contributed by atoms with E-state index in [2.05, 4.69) is 19.2 Å². The second-order valence-corrected chi connectivity index (χ2v) is 4.30. The summed E-state index contributed by atoms with van der Waals surface area (Å²) < 4.78 is 5.00. The number of carbonyl (C=O) groups is 1. The molecule has 4 heteroatoms. The zero-order valence-electron chi connectivity index (χ0n) is 10.6. The zero-order valence-corrected chi connectivity index (χ0v) is 10.6. The smallest absolute Gasteiger partial charge is 0.340 e. The maximum Gasteiger partial charge on any atom is 0.340 e. The molecule has 0 fully saturated rings. The van der Waals surface area contributed by atoms with E-state index in [0.717, 1.165) is 12.2 Å². The molecule has 0 saturated heterocycles. The summed E-state index contributed by atoms with van der Waals surface area (Å²) in [6.07, 6.45) is 0. The maximum atomic E-state index is 11.7. The van der Waals surface area contributed by atoms with Crippen LogP contribution < -0.4 is 11.1 Å². The predicted octanol–water partition coefficient (Wildman–Crippen LogP) is 2.51. The van der Waals surface area contributed by atoms with Crippen LogP contribution in [0, 0.1) is 5.92 Å². The second-order valence-electron chi connectivity index (χ2n) is 4.30. The molecule has 0 saturated carbocycles. The number of nitrogens with two attached hydrogens (primary N) is 1. The first-order valence-corrected chi connectivity index (χ1v) is 5.85. The Morgan fingerprint density at radius 1 is 1.47 bits per heavy atom. The molecule has 1 aromatic rings. The van der Waals surface area contributed by atoms with Gasteiger partial charge in [-0.3, -0.25) is 0 Å². The Kier molecular flexibility index (Phi) is 4.82. The van der Waals surface area contributed by atoms with Gasteiger partial charge < -0.3 is 15.8 Å². The molecule has 0 aliphatic carbocycles. The van der Waals surface area contributed by atoms with E-state index in [1.807, 2.05) is 6.07 Å². The molecule has 4 nitrogen and oxygen atoms in total. The van der Waals surface area contributed by atoms with Crippen LogP contribution in [0.4, 0.5) is 11.4 Å². The van der Waals surface area contributed by atoms with Crippen LogP contribution in [-0.4, -0.2) is 19.1 Å². The van der Waals surface area contributed by atoms with Gasteiger partial charge in [-0.1, -0.05) is 13.8 Å². The summed E-state index contributed by atoms with van der Waals surface area (Å²) in [5.74, 6) is 0.161. The van der Waals surface area contributed by atoms with Gasteiger partial charge >= 0.3 is 5.97 Å². The highest BCUT2D eigenvalue weighted by Crippen LogP contribution is 2.20. The van der Waals surface area contributed by atoms with Crippen LogP contribution in [0.3, 0.4) is 0 Å². The zero-order chi connectivity index (χ0) is 12.8. The lowest BCUT2D eigenvalue weighted by Crippen LogP contribution is -2.13. The molecule has 1 aromatic carbocycles. The SMILES string of the molecule is CCOC(=O)c1cc(N)ccc1NCC(C)C. The second kappa shape index (κ2) is 6.13. The van der Waals surface area contributed by atoms with E-state index >= 15 is 0 Å². The largest absolute Gasteiger partial charge is 0.462 e. The molecule has 0 aromatic heterocycles. The van der Waals surface area contributed by atoms with Gasteiger partial charge in [0, 0.05) is 17.9 Å². The highest BCUT2D eigenvalue weighted by atomic mass is 16.5. The number of hydrogen-bond donors (Lipinski definition) is 2. The number of carbonyl (C=O) groups excluding carboxylic acids is 1. The normalized spacial score (nSPS) is 10.4. The number of esters is 1. The van der Waals surface area contributed by atoms with E-state index in [0.29, 0.717) is 23.8 Å². The lowest BCUT2D eigenvalue weighted by Gasteiger charge is -2.13. The van der Waals surface area contributed by atoms with Crippen LogP contribution in [0.15, 0.2) is 18.2 Å². The van der Waals surface area contributed by atoms with Crippen molar-refractivity contribution in [2.24, 2.45) is 5.92 Å².